The zero-order chi connectivity index (χ0) is 79.6. The van der Waals surface area contributed by atoms with Crippen LogP contribution in [0.4, 0.5) is 23.8 Å². The van der Waals surface area contributed by atoms with Crippen molar-refractivity contribution in [2.24, 2.45) is 0 Å². The Morgan fingerprint density at radius 3 is 0.845 bits per heavy atom. The molecule has 0 aliphatic rings. The number of halogens is 4. The Hall–Kier alpha value is -11.3. The molecule has 0 amide bonds. The number of ether oxygens (including phenoxy) is 4. The van der Waals surface area contributed by atoms with E-state index in [1.165, 1.54) is 0 Å². The van der Waals surface area contributed by atoms with Crippen molar-refractivity contribution >= 4 is 114 Å². The summed E-state index contributed by atoms with van der Waals surface area (Å²) in [6, 6.07) is 0. The van der Waals surface area contributed by atoms with Gasteiger partial charge in [0.25, 0.3) is 0 Å². The number of unbranched alkanes of at least 4 members (excludes halogenated alkanes) is 3. The number of pyridine rings is 4. The molecule has 0 saturated carbocycles. The van der Waals surface area contributed by atoms with Crippen LogP contribution in [0.1, 0.15) is 128 Å². The molecule has 0 fully saturated rings. The van der Waals surface area contributed by atoms with Crippen LogP contribution in [0.25, 0.3) is 44.1 Å². The van der Waals surface area contributed by atoms with Crippen LogP contribution < -0.4 is 41.9 Å². The quantitative estimate of drug-likeness (QED) is 0.0225. The van der Waals surface area contributed by atoms with Gasteiger partial charge in [-0.1, -0.05) is 93.8 Å². The lowest BCUT2D eigenvalue weighted by Crippen LogP contribution is -2.07. The van der Waals surface area contributed by atoms with E-state index >= 15 is 0 Å². The van der Waals surface area contributed by atoms with Gasteiger partial charge in [-0.3, -0.25) is 19.9 Å². The lowest BCUT2D eigenvalue weighted by atomic mass is 10.1. The van der Waals surface area contributed by atoms with E-state index in [2.05, 4.69) is 107 Å². The summed E-state index contributed by atoms with van der Waals surface area (Å²) in [6.45, 7) is 17.6. The fraction of sp³-hybridized carbons (Fsp3) is 0.333. The van der Waals surface area contributed by atoms with Crippen LogP contribution in [0.5, 0.6) is 23.0 Å². The van der Waals surface area contributed by atoms with E-state index < -0.39 is 0 Å². The molecule has 12 aromatic rings. The summed E-state index contributed by atoms with van der Waals surface area (Å²) >= 11 is 25.3. The molecule has 32 heteroatoms. The lowest BCUT2D eigenvalue weighted by Gasteiger charge is -2.13. The Morgan fingerprint density at radius 2 is 0.600 bits per heavy atom. The fourth-order valence-corrected chi connectivity index (χ4v) is 13.3. The molecule has 0 atom stereocenters. The first kappa shape index (κ1) is 82.8. The summed E-state index contributed by atoms with van der Waals surface area (Å²) in [6.07, 6.45) is 18.4. The van der Waals surface area contributed by atoms with Gasteiger partial charge in [0.2, 0.25) is 23.8 Å². The van der Waals surface area contributed by atoms with E-state index in [-0.39, 0.29) is 70.8 Å². The van der Waals surface area contributed by atoms with Gasteiger partial charge in [0.15, 0.2) is 0 Å². The fourth-order valence-electron chi connectivity index (χ4n) is 12.2. The molecule has 0 aliphatic carbocycles. The number of aromatic nitrogens is 16. The van der Waals surface area contributed by atoms with Gasteiger partial charge in [0, 0.05) is 127 Å². The molecule has 0 saturated heterocycles. The van der Waals surface area contributed by atoms with Crippen LogP contribution in [-0.2, 0) is 26.2 Å². The normalized spacial score (nSPS) is 10.7. The molecule has 110 heavy (non-hydrogen) atoms. The second-order valence-corrected chi connectivity index (χ2v) is 26.4. The summed E-state index contributed by atoms with van der Waals surface area (Å²) in [5, 5.41) is 39.3. The zero-order valence-corrected chi connectivity index (χ0v) is 65.9. The summed E-state index contributed by atoms with van der Waals surface area (Å²) < 4.78 is 29.6. The molecule has 28 nitrogen and oxygen atoms in total. The van der Waals surface area contributed by atoms with Crippen LogP contribution in [0, 0.1) is 103 Å². The number of anilines is 4. The Labute approximate surface area is 655 Å². The number of aliphatic hydroxyl groups is 4. The third kappa shape index (κ3) is 19.2. The van der Waals surface area contributed by atoms with Crippen LogP contribution in [-0.4, -0.2) is 153 Å². The minimum atomic E-state index is -0.254. The van der Waals surface area contributed by atoms with Gasteiger partial charge < -0.3 is 80.6 Å². The summed E-state index contributed by atoms with van der Waals surface area (Å²) in [4.78, 5) is 51.8. The third-order valence-electron chi connectivity index (χ3n) is 17.4. The molecule has 12 heterocycles. The molecule has 0 unspecified atom stereocenters. The molecular weight excluding hydrogens is 1490 g/mol. The average molecular weight is 1570 g/mol. The smallest absolute Gasteiger partial charge is 0.223 e. The highest BCUT2D eigenvalue weighted by molar-refractivity contribution is 6.36. The molecule has 0 aliphatic heterocycles. The summed E-state index contributed by atoms with van der Waals surface area (Å²) in [5.74, 6) is 27.5. The molecule has 0 radical (unpaired) electrons. The Morgan fingerprint density at radius 1 is 0.345 bits per heavy atom. The van der Waals surface area contributed by atoms with Crippen LogP contribution in [0.15, 0.2) is 49.6 Å². The first-order chi connectivity index (χ1) is 52.8. The van der Waals surface area contributed by atoms with Crippen LogP contribution in [0.2, 0.25) is 20.6 Å². The highest BCUT2D eigenvalue weighted by atomic mass is 35.5. The SMILES string of the molecule is COc1c(C)cnc(Cn2cc(C#CCCCCO)c3c(Cl)nc(N)nc32)c1C.COc1c(C)cnc(Cn2cc(C#CCCCO)c3c(Cl)nc(N)nc32)c1C.COc1c(C)cnc(Cn2cc(C#CCCO)c3c(Cl)nc(N)nc32)c1C.COc1c(C)cnc(Cn2cc(C#CCO)c3c(Cl)nc(N)nc32)c1C. The van der Waals surface area contributed by atoms with Crippen molar-refractivity contribution in [2.45, 2.75) is 120 Å². The number of rotatable bonds is 18. The topological polar surface area (TPSA) is 396 Å². The second-order valence-electron chi connectivity index (χ2n) is 25.0. The van der Waals surface area contributed by atoms with E-state index in [1.807, 2.05) is 92.2 Å². The minimum Gasteiger partial charge on any atom is -0.496 e. The molecule has 572 valence electrons. The number of methoxy groups -OCH3 is 4. The number of nitrogens with zero attached hydrogens (tertiary/aromatic N) is 16. The highest BCUT2D eigenvalue weighted by Gasteiger charge is 2.23. The Bertz CT molecular complexity index is 5670. The van der Waals surface area contributed by atoms with E-state index in [9.17, 15) is 0 Å². The van der Waals surface area contributed by atoms with Gasteiger partial charge in [-0.15, -0.1) is 0 Å². The van der Waals surface area contributed by atoms with Crippen molar-refractivity contribution in [1.29, 1.82) is 0 Å². The maximum absolute atomic E-state index is 8.99. The molecule has 12 rings (SSSR count). The van der Waals surface area contributed by atoms with Crippen molar-refractivity contribution in [2.75, 3.05) is 77.8 Å². The zero-order valence-electron chi connectivity index (χ0n) is 62.9. The number of hydrogen-bond acceptors (Lipinski definition) is 24. The third-order valence-corrected chi connectivity index (χ3v) is 18.5. The van der Waals surface area contributed by atoms with Gasteiger partial charge in [-0.2, -0.15) is 19.9 Å². The summed E-state index contributed by atoms with van der Waals surface area (Å²) in [5.41, 5.74) is 39.5. The van der Waals surface area contributed by atoms with Crippen molar-refractivity contribution in [3.8, 4) is 70.4 Å². The predicted octanol–water partition coefficient (Wildman–Crippen LogP) is 10.7. The second kappa shape index (κ2) is 38.2. The minimum absolute atomic E-state index is 0.00486. The van der Waals surface area contributed by atoms with Gasteiger partial charge in [0.1, 0.15) is 72.8 Å². The maximum Gasteiger partial charge on any atom is 0.223 e. The standard InChI is InChI=1S/C21H24ClN5O2.C20H22ClN5O2.C19H20ClN5O2.C18H18ClN5O2/c1-13-10-24-16(14(2)18(13)29-3)12-27-11-15(8-6-4-5-7-9-28)17-19(22)25-21(23)26-20(17)27;1-12-9-23-15(13(2)17(12)28-3)11-26-10-14(7-5-4-6-8-27)16-18(21)24-20(22)25-19(16)26;1-11-8-22-14(12(2)16(11)27-3)10-25-9-13(6-4-5-7-26)15-17(20)23-19(21)24-18(15)25;1-10-7-21-13(11(2)15(10)26-3)9-24-8-12(5-4-6-25)14-16(19)22-18(20)23-17(14)24/h10-11,28H,4-5,7,9,12H2,1-3H3,(H2,23,25,26);9-10,27H,4,6,8,11H2,1-3H3,(H2,22,24,25);8-9,26H,5,7,10H2,1-3H3,(H2,21,23,24);7-8,25H,6,9H2,1-3H3,(H2,20,22,23). The molecule has 12 N–H and O–H groups in total. The number of nitrogens with two attached hydrogens (primary N) is 4. The number of fused-ring (bicyclic) bond motifs is 4. The van der Waals surface area contributed by atoms with Gasteiger partial charge in [-0.05, 0) is 74.7 Å². The van der Waals surface area contributed by atoms with E-state index in [0.29, 0.717) is 107 Å². The molecule has 0 bridgehead atoms. The van der Waals surface area contributed by atoms with Crippen molar-refractivity contribution in [3.05, 3.63) is 160 Å². The largest absolute Gasteiger partial charge is 0.496 e. The van der Waals surface area contributed by atoms with Crippen LogP contribution >= 0.6 is 46.4 Å². The van der Waals surface area contributed by atoms with Crippen molar-refractivity contribution in [3.63, 3.8) is 0 Å². The van der Waals surface area contributed by atoms with Gasteiger partial charge in [-0.25, -0.2) is 19.9 Å². The molecule has 12 aromatic heterocycles. The van der Waals surface area contributed by atoms with E-state index in [0.717, 1.165) is 114 Å². The number of hydrogen-bond donors (Lipinski definition) is 8. The Kier molecular flexibility index (Phi) is 28.7. The first-order valence-corrected chi connectivity index (χ1v) is 36.0. The average Bonchev–Trinajstić information content (AvgIpc) is 1.64. The lowest BCUT2D eigenvalue weighted by molar-refractivity contribution is 0.285. The first-order valence-electron chi connectivity index (χ1n) is 34.5. The van der Waals surface area contributed by atoms with Crippen molar-refractivity contribution < 1.29 is 39.4 Å². The molecular formula is C78H84Cl4N20O8. The van der Waals surface area contributed by atoms with Crippen molar-refractivity contribution in [1.82, 2.24) is 78.1 Å². The number of nitrogen functional groups attached to an aromatic ring is 4. The molecule has 0 aromatic carbocycles. The van der Waals surface area contributed by atoms with Gasteiger partial charge in [0.05, 0.1) is 128 Å². The van der Waals surface area contributed by atoms with E-state index in [4.69, 9.17) is 109 Å². The molecule has 0 spiro atoms. The van der Waals surface area contributed by atoms with Crippen LogP contribution in [0.3, 0.4) is 0 Å². The highest BCUT2D eigenvalue weighted by Crippen LogP contribution is 2.35. The monoisotopic (exact) mass is 1570 g/mol. The maximum atomic E-state index is 8.99. The Balaban J connectivity index is 0.000000169. The van der Waals surface area contributed by atoms with Gasteiger partial charge >= 0.3 is 0 Å². The predicted molar refractivity (Wildman–Crippen MR) is 429 cm³/mol. The van der Waals surface area contributed by atoms with E-state index in [1.54, 1.807) is 59.4 Å². The summed E-state index contributed by atoms with van der Waals surface area (Å²) in [7, 11) is 6.59. The number of aryl methyl sites for hydroxylation is 4. The number of aliphatic hydroxyl groups excluding tert-OH is 4.